The number of nitrogens with one attached hydrogen (secondary N) is 2. The number of likely N-dealkylation sites (N-methyl/N-ethyl adjacent to an activating group) is 1. The minimum atomic E-state index is -3.86. The molecule has 0 saturated carbocycles. The van der Waals surface area contributed by atoms with Crippen LogP contribution in [-0.2, 0) is 14.8 Å². The fourth-order valence-electron chi connectivity index (χ4n) is 2.24. The molecule has 0 atom stereocenters. The first-order chi connectivity index (χ1) is 12.9. The Morgan fingerprint density at radius 2 is 1.96 bits per heavy atom. The zero-order valence-electron chi connectivity index (χ0n) is 14.2. The molecule has 0 aliphatic carbocycles. The summed E-state index contributed by atoms with van der Waals surface area (Å²) >= 11 is 0. The molecule has 2 heterocycles. The molecule has 142 valence electrons. The van der Waals surface area contributed by atoms with Gasteiger partial charge in [-0.25, -0.2) is 8.42 Å². The molecule has 3 rings (SSSR count). The number of ether oxygens (including phenoxy) is 2. The highest BCUT2D eigenvalue weighted by molar-refractivity contribution is 7.89. The number of fused-ring (bicyclic) bond motifs is 1. The third kappa shape index (κ3) is 4.15. The van der Waals surface area contributed by atoms with Crippen LogP contribution >= 0.6 is 0 Å². The summed E-state index contributed by atoms with van der Waals surface area (Å²) in [6.45, 7) is -0.409. The minimum Gasteiger partial charge on any atom is -0.454 e. The number of pyridine rings is 1. The molecule has 0 spiro atoms. The lowest BCUT2D eigenvalue weighted by molar-refractivity contribution is -0.121. The van der Waals surface area contributed by atoms with Gasteiger partial charge in [0, 0.05) is 25.0 Å². The smallest absolute Gasteiger partial charge is 0.269 e. The van der Waals surface area contributed by atoms with Gasteiger partial charge in [-0.05, 0) is 30.3 Å². The van der Waals surface area contributed by atoms with Crippen molar-refractivity contribution in [2.45, 2.75) is 4.90 Å². The van der Waals surface area contributed by atoms with E-state index in [4.69, 9.17) is 9.47 Å². The highest BCUT2D eigenvalue weighted by Gasteiger charge is 2.23. The predicted octanol–water partition coefficient (Wildman–Crippen LogP) is -0.108. The van der Waals surface area contributed by atoms with E-state index < -0.39 is 28.4 Å². The van der Waals surface area contributed by atoms with Crippen LogP contribution in [0.25, 0.3) is 0 Å². The highest BCUT2D eigenvalue weighted by atomic mass is 32.2. The van der Waals surface area contributed by atoms with Crippen LogP contribution in [0.4, 0.5) is 0 Å². The molecule has 1 aliphatic heterocycles. The van der Waals surface area contributed by atoms with Crippen LogP contribution in [-0.4, -0.2) is 49.9 Å². The lowest BCUT2D eigenvalue weighted by Gasteiger charge is -2.16. The maximum Gasteiger partial charge on any atom is 0.269 e. The van der Waals surface area contributed by atoms with Gasteiger partial charge in [0.05, 0.1) is 6.54 Å². The van der Waals surface area contributed by atoms with E-state index in [9.17, 15) is 18.0 Å². The second-order valence-corrected chi connectivity index (χ2v) is 7.57. The van der Waals surface area contributed by atoms with Gasteiger partial charge in [-0.3, -0.25) is 25.4 Å². The molecular formula is C16H16N4O6S. The van der Waals surface area contributed by atoms with Crippen LogP contribution in [0.5, 0.6) is 11.5 Å². The first-order valence-corrected chi connectivity index (χ1v) is 9.17. The van der Waals surface area contributed by atoms with Gasteiger partial charge in [0.1, 0.15) is 4.90 Å². The average Bonchev–Trinajstić information content (AvgIpc) is 3.14. The lowest BCUT2D eigenvalue weighted by atomic mass is 10.2. The Kier molecular flexibility index (Phi) is 5.23. The molecule has 0 radical (unpaired) electrons. The number of rotatable bonds is 5. The SMILES string of the molecule is CN(CC(=O)NNC(=O)c1ccc2c(c1)OCO2)S(=O)(=O)c1cccnc1. The van der Waals surface area contributed by atoms with Crippen LogP contribution < -0.4 is 20.3 Å². The number of carbonyl (C=O) groups excluding carboxylic acids is 2. The number of aromatic nitrogens is 1. The third-order valence-electron chi connectivity index (χ3n) is 3.66. The number of hydrazine groups is 1. The van der Waals surface area contributed by atoms with Crippen molar-refractivity contribution < 1.29 is 27.5 Å². The minimum absolute atomic E-state index is 0.0373. The van der Waals surface area contributed by atoms with Crippen molar-refractivity contribution >= 4 is 21.8 Å². The first kappa shape index (κ1) is 18.6. The quantitative estimate of drug-likeness (QED) is 0.680. The largest absolute Gasteiger partial charge is 0.454 e. The maximum atomic E-state index is 12.3. The van der Waals surface area contributed by atoms with Gasteiger partial charge in [-0.15, -0.1) is 0 Å². The van der Waals surface area contributed by atoms with Crippen molar-refractivity contribution in [3.05, 3.63) is 48.3 Å². The lowest BCUT2D eigenvalue weighted by Crippen LogP contribution is -2.46. The molecule has 1 aliphatic rings. The normalized spacial score (nSPS) is 12.7. The van der Waals surface area contributed by atoms with E-state index in [2.05, 4.69) is 15.8 Å². The van der Waals surface area contributed by atoms with E-state index in [1.165, 1.54) is 43.7 Å². The van der Waals surface area contributed by atoms with Gasteiger partial charge in [-0.2, -0.15) is 4.31 Å². The van der Waals surface area contributed by atoms with Crippen LogP contribution in [0.3, 0.4) is 0 Å². The molecule has 11 heteroatoms. The zero-order chi connectivity index (χ0) is 19.4. The Balaban J connectivity index is 1.55. The second-order valence-electron chi connectivity index (χ2n) is 5.52. The van der Waals surface area contributed by atoms with Gasteiger partial charge >= 0.3 is 0 Å². The van der Waals surface area contributed by atoms with E-state index in [0.29, 0.717) is 11.5 Å². The van der Waals surface area contributed by atoms with Gasteiger partial charge in [0.2, 0.25) is 16.8 Å². The summed E-state index contributed by atoms with van der Waals surface area (Å²) in [7, 11) is -2.61. The highest BCUT2D eigenvalue weighted by Crippen LogP contribution is 2.32. The van der Waals surface area contributed by atoms with E-state index in [-0.39, 0.29) is 17.3 Å². The fourth-order valence-corrected chi connectivity index (χ4v) is 3.33. The van der Waals surface area contributed by atoms with Gasteiger partial charge in [-0.1, -0.05) is 0 Å². The summed E-state index contributed by atoms with van der Waals surface area (Å²) in [6.07, 6.45) is 2.63. The Morgan fingerprint density at radius 1 is 1.19 bits per heavy atom. The molecule has 0 bridgehead atoms. The van der Waals surface area contributed by atoms with Crippen molar-refractivity contribution in [3.63, 3.8) is 0 Å². The maximum absolute atomic E-state index is 12.3. The van der Waals surface area contributed by atoms with E-state index in [1.54, 1.807) is 6.07 Å². The summed E-state index contributed by atoms with van der Waals surface area (Å²) in [4.78, 5) is 27.8. The molecule has 27 heavy (non-hydrogen) atoms. The molecule has 10 nitrogen and oxygen atoms in total. The monoisotopic (exact) mass is 392 g/mol. The summed E-state index contributed by atoms with van der Waals surface area (Å²) in [5.41, 5.74) is 4.63. The van der Waals surface area contributed by atoms with Crippen molar-refractivity contribution in [2.24, 2.45) is 0 Å². The number of sulfonamides is 1. The van der Waals surface area contributed by atoms with E-state index in [0.717, 1.165) is 4.31 Å². The first-order valence-electron chi connectivity index (χ1n) is 7.73. The molecule has 0 fully saturated rings. The zero-order valence-corrected chi connectivity index (χ0v) is 15.0. The Labute approximate surface area is 155 Å². The van der Waals surface area contributed by atoms with E-state index in [1.807, 2.05) is 0 Å². The van der Waals surface area contributed by atoms with Crippen molar-refractivity contribution in [1.29, 1.82) is 0 Å². The van der Waals surface area contributed by atoms with Crippen LogP contribution in [0.1, 0.15) is 10.4 Å². The van der Waals surface area contributed by atoms with Crippen LogP contribution in [0.2, 0.25) is 0 Å². The Bertz CT molecular complexity index is 964. The van der Waals surface area contributed by atoms with Crippen LogP contribution in [0, 0.1) is 0 Å². The standard InChI is InChI=1S/C16H16N4O6S/c1-20(27(23,24)12-3-2-6-17-8-12)9-15(21)18-19-16(22)11-4-5-13-14(7-11)26-10-25-13/h2-8H,9-10H2,1H3,(H,18,21)(H,19,22). The molecule has 2 N–H and O–H groups in total. The van der Waals surface area contributed by atoms with E-state index >= 15 is 0 Å². The number of hydrogen-bond acceptors (Lipinski definition) is 7. The summed E-state index contributed by atoms with van der Waals surface area (Å²) in [5, 5.41) is 0. The van der Waals surface area contributed by atoms with Crippen LogP contribution in [0.15, 0.2) is 47.6 Å². The Morgan fingerprint density at radius 3 is 2.70 bits per heavy atom. The molecular weight excluding hydrogens is 376 g/mol. The average molecular weight is 392 g/mol. The Hall–Kier alpha value is -3.18. The summed E-state index contributed by atoms with van der Waals surface area (Å²) in [5.74, 6) is -0.340. The molecule has 0 unspecified atom stereocenters. The van der Waals surface area contributed by atoms with Gasteiger partial charge in [0.15, 0.2) is 11.5 Å². The number of nitrogens with zero attached hydrogens (tertiary/aromatic N) is 2. The molecule has 2 aromatic rings. The molecule has 1 aromatic carbocycles. The topological polar surface area (TPSA) is 127 Å². The number of amides is 2. The summed E-state index contributed by atoms with van der Waals surface area (Å²) < 4.78 is 35.8. The summed E-state index contributed by atoms with van der Waals surface area (Å²) in [6, 6.07) is 7.41. The molecule has 1 aromatic heterocycles. The van der Waals surface area contributed by atoms with Crippen molar-refractivity contribution in [3.8, 4) is 11.5 Å². The number of benzene rings is 1. The fraction of sp³-hybridized carbons (Fsp3) is 0.188. The van der Waals surface area contributed by atoms with Gasteiger partial charge < -0.3 is 9.47 Å². The van der Waals surface area contributed by atoms with Gasteiger partial charge in [0.25, 0.3) is 11.8 Å². The van der Waals surface area contributed by atoms with Crippen molar-refractivity contribution in [1.82, 2.24) is 20.1 Å². The van der Waals surface area contributed by atoms with Crippen molar-refractivity contribution in [2.75, 3.05) is 20.4 Å². The number of carbonyl (C=O) groups is 2. The number of hydrogen-bond donors (Lipinski definition) is 2. The predicted molar refractivity (Wildman–Crippen MR) is 92.2 cm³/mol. The second kappa shape index (κ2) is 7.60. The third-order valence-corrected chi connectivity index (χ3v) is 5.45. The molecule has 0 saturated heterocycles. The molecule has 2 amide bonds.